The summed E-state index contributed by atoms with van der Waals surface area (Å²) in [5.74, 6) is -0.239. The van der Waals surface area contributed by atoms with E-state index < -0.39 is 12.0 Å². The van der Waals surface area contributed by atoms with E-state index >= 15 is 0 Å². The lowest BCUT2D eigenvalue weighted by atomic mass is 10.1. The lowest BCUT2D eigenvalue weighted by Gasteiger charge is -2.12. The number of hydrogen-bond acceptors (Lipinski definition) is 4. The fraction of sp³-hybridized carbons (Fsp3) is 0.500. The standard InChI is InChI=1S/C16H21NO3S/c1-3-20-16(19)11(2)17-15(18)10-21-14-8-7-12-5-4-6-13(12)9-14/h7-9,11H,3-6,10H2,1-2H3,(H,17,18). The van der Waals surface area contributed by atoms with Crippen molar-refractivity contribution in [1.82, 2.24) is 5.32 Å². The zero-order valence-corrected chi connectivity index (χ0v) is 13.3. The molecule has 1 aromatic carbocycles. The summed E-state index contributed by atoms with van der Waals surface area (Å²) in [4.78, 5) is 24.4. The second-order valence-electron chi connectivity index (χ2n) is 5.11. The van der Waals surface area contributed by atoms with E-state index in [4.69, 9.17) is 4.74 Å². The first-order valence-corrected chi connectivity index (χ1v) is 8.29. The van der Waals surface area contributed by atoms with Crippen molar-refractivity contribution >= 4 is 23.6 Å². The molecule has 4 nitrogen and oxygen atoms in total. The molecule has 0 saturated heterocycles. The van der Waals surface area contributed by atoms with Crippen molar-refractivity contribution in [2.75, 3.05) is 12.4 Å². The van der Waals surface area contributed by atoms with Crippen LogP contribution in [-0.4, -0.2) is 30.3 Å². The number of amides is 1. The summed E-state index contributed by atoms with van der Waals surface area (Å²) in [5, 5.41) is 2.65. The Morgan fingerprint density at radius 2 is 2.10 bits per heavy atom. The first kappa shape index (κ1) is 15.9. The topological polar surface area (TPSA) is 55.4 Å². The Morgan fingerprint density at radius 1 is 1.33 bits per heavy atom. The molecule has 0 radical (unpaired) electrons. The van der Waals surface area contributed by atoms with Gasteiger partial charge in [-0.25, -0.2) is 4.79 Å². The number of rotatable bonds is 6. The van der Waals surface area contributed by atoms with Crippen molar-refractivity contribution < 1.29 is 14.3 Å². The molecule has 1 aliphatic rings. The summed E-state index contributed by atoms with van der Waals surface area (Å²) in [6.07, 6.45) is 3.52. The minimum absolute atomic E-state index is 0.152. The largest absolute Gasteiger partial charge is 0.464 e. The Labute approximate surface area is 129 Å². The van der Waals surface area contributed by atoms with Crippen molar-refractivity contribution in [2.24, 2.45) is 0 Å². The van der Waals surface area contributed by atoms with Gasteiger partial charge in [0.2, 0.25) is 5.91 Å². The maximum atomic E-state index is 11.8. The molecule has 0 aliphatic heterocycles. The molecule has 0 saturated carbocycles. The second-order valence-corrected chi connectivity index (χ2v) is 6.16. The van der Waals surface area contributed by atoms with Crippen LogP contribution in [0, 0.1) is 0 Å². The molecule has 0 heterocycles. The normalized spacial score (nSPS) is 14.4. The lowest BCUT2D eigenvalue weighted by molar-refractivity contribution is -0.146. The number of esters is 1. The molecule has 0 spiro atoms. The first-order valence-electron chi connectivity index (χ1n) is 7.30. The van der Waals surface area contributed by atoms with Crippen molar-refractivity contribution in [2.45, 2.75) is 44.0 Å². The van der Waals surface area contributed by atoms with E-state index in [1.807, 2.05) is 0 Å². The van der Waals surface area contributed by atoms with Crippen LogP contribution in [0.2, 0.25) is 0 Å². The van der Waals surface area contributed by atoms with Gasteiger partial charge in [0.15, 0.2) is 0 Å². The molecule has 1 aliphatic carbocycles. The van der Waals surface area contributed by atoms with Crippen molar-refractivity contribution in [3.63, 3.8) is 0 Å². The van der Waals surface area contributed by atoms with E-state index in [1.165, 1.54) is 29.3 Å². The Bertz CT molecular complexity index is 530. The van der Waals surface area contributed by atoms with Crippen LogP contribution in [-0.2, 0) is 27.2 Å². The number of aryl methyl sites for hydroxylation is 2. The third-order valence-electron chi connectivity index (χ3n) is 3.46. The monoisotopic (exact) mass is 307 g/mol. The number of nitrogens with one attached hydrogen (secondary N) is 1. The molecule has 1 unspecified atom stereocenters. The van der Waals surface area contributed by atoms with Crippen molar-refractivity contribution in [3.8, 4) is 0 Å². The van der Waals surface area contributed by atoms with Crippen LogP contribution in [0.25, 0.3) is 0 Å². The predicted octanol–water partition coefficient (Wildman–Crippen LogP) is 2.34. The van der Waals surface area contributed by atoms with Crippen LogP contribution in [0.5, 0.6) is 0 Å². The summed E-state index contributed by atoms with van der Waals surface area (Å²) >= 11 is 1.50. The fourth-order valence-electron chi connectivity index (χ4n) is 2.40. The third kappa shape index (κ3) is 4.49. The van der Waals surface area contributed by atoms with Gasteiger partial charge in [0.25, 0.3) is 0 Å². The van der Waals surface area contributed by atoms with E-state index in [-0.39, 0.29) is 5.91 Å². The molecule has 0 fully saturated rings. The third-order valence-corrected chi connectivity index (χ3v) is 4.45. The number of carbonyl (C=O) groups excluding carboxylic acids is 2. The SMILES string of the molecule is CCOC(=O)C(C)NC(=O)CSc1ccc2c(c1)CCC2. The van der Waals surface area contributed by atoms with Crippen LogP contribution in [0.4, 0.5) is 0 Å². The van der Waals surface area contributed by atoms with Crippen molar-refractivity contribution in [3.05, 3.63) is 29.3 Å². The molecule has 21 heavy (non-hydrogen) atoms. The maximum absolute atomic E-state index is 11.8. The Balaban J connectivity index is 1.80. The van der Waals surface area contributed by atoms with Gasteiger partial charge in [0.05, 0.1) is 12.4 Å². The summed E-state index contributed by atoms with van der Waals surface area (Å²) in [6, 6.07) is 5.80. The van der Waals surface area contributed by atoms with Crippen LogP contribution in [0.15, 0.2) is 23.1 Å². The summed E-state index contributed by atoms with van der Waals surface area (Å²) in [6.45, 7) is 3.70. The highest BCUT2D eigenvalue weighted by atomic mass is 32.2. The van der Waals surface area contributed by atoms with E-state index in [9.17, 15) is 9.59 Å². The zero-order chi connectivity index (χ0) is 15.2. The summed E-state index contributed by atoms with van der Waals surface area (Å²) in [7, 11) is 0. The number of carbonyl (C=O) groups is 2. The molecule has 1 atom stereocenters. The Morgan fingerprint density at radius 3 is 2.86 bits per heavy atom. The average Bonchev–Trinajstić information content (AvgIpc) is 2.92. The number of hydrogen-bond donors (Lipinski definition) is 1. The molecular weight excluding hydrogens is 286 g/mol. The van der Waals surface area contributed by atoms with E-state index in [0.717, 1.165) is 17.7 Å². The van der Waals surface area contributed by atoms with Gasteiger partial charge in [0, 0.05) is 4.90 Å². The molecule has 0 bridgehead atoms. The number of fused-ring (bicyclic) bond motifs is 1. The molecule has 1 N–H and O–H groups in total. The van der Waals surface area contributed by atoms with Gasteiger partial charge in [-0.15, -0.1) is 11.8 Å². The van der Waals surface area contributed by atoms with E-state index in [2.05, 4.69) is 23.5 Å². The van der Waals surface area contributed by atoms with E-state index in [1.54, 1.807) is 13.8 Å². The summed E-state index contributed by atoms with van der Waals surface area (Å²) < 4.78 is 4.86. The molecular formula is C16H21NO3S. The minimum atomic E-state index is -0.599. The van der Waals surface area contributed by atoms with Gasteiger partial charge >= 0.3 is 5.97 Å². The number of ether oxygens (including phenoxy) is 1. The minimum Gasteiger partial charge on any atom is -0.464 e. The number of benzene rings is 1. The smallest absolute Gasteiger partial charge is 0.328 e. The molecule has 1 aromatic rings. The maximum Gasteiger partial charge on any atom is 0.328 e. The van der Waals surface area contributed by atoms with Crippen molar-refractivity contribution in [1.29, 1.82) is 0 Å². The van der Waals surface area contributed by atoms with Gasteiger partial charge in [-0.2, -0.15) is 0 Å². The molecule has 1 amide bonds. The quantitative estimate of drug-likeness (QED) is 0.647. The number of thioether (sulfide) groups is 1. The van der Waals surface area contributed by atoms with Crippen LogP contribution < -0.4 is 5.32 Å². The molecule has 2 rings (SSSR count). The Hall–Kier alpha value is -1.49. The highest BCUT2D eigenvalue weighted by Gasteiger charge is 2.17. The summed E-state index contributed by atoms with van der Waals surface area (Å²) in [5.41, 5.74) is 2.83. The second kappa shape index (κ2) is 7.50. The van der Waals surface area contributed by atoms with E-state index in [0.29, 0.717) is 12.4 Å². The van der Waals surface area contributed by atoms with Gasteiger partial charge in [-0.1, -0.05) is 6.07 Å². The zero-order valence-electron chi connectivity index (χ0n) is 12.5. The average molecular weight is 307 g/mol. The Kier molecular flexibility index (Phi) is 5.67. The predicted molar refractivity (Wildman–Crippen MR) is 83.4 cm³/mol. The van der Waals surface area contributed by atoms with Crippen LogP contribution in [0.1, 0.15) is 31.4 Å². The molecule has 0 aromatic heterocycles. The van der Waals surface area contributed by atoms with Crippen LogP contribution in [0.3, 0.4) is 0 Å². The fourth-order valence-corrected chi connectivity index (χ4v) is 3.17. The highest BCUT2D eigenvalue weighted by Crippen LogP contribution is 2.27. The van der Waals surface area contributed by atoms with Gasteiger partial charge in [-0.05, 0) is 56.4 Å². The lowest BCUT2D eigenvalue weighted by Crippen LogP contribution is -2.40. The van der Waals surface area contributed by atoms with Gasteiger partial charge < -0.3 is 10.1 Å². The van der Waals surface area contributed by atoms with Gasteiger partial charge in [-0.3, -0.25) is 4.79 Å². The highest BCUT2D eigenvalue weighted by molar-refractivity contribution is 8.00. The van der Waals surface area contributed by atoms with Crippen LogP contribution >= 0.6 is 11.8 Å². The molecule has 114 valence electrons. The first-order chi connectivity index (χ1) is 10.1. The molecule has 5 heteroatoms. The van der Waals surface area contributed by atoms with Gasteiger partial charge in [0.1, 0.15) is 6.04 Å².